The van der Waals surface area contributed by atoms with Gasteiger partial charge in [-0.3, -0.25) is 9.79 Å². The van der Waals surface area contributed by atoms with E-state index in [2.05, 4.69) is 32.9 Å². The average molecular weight is 463 g/mol. The van der Waals surface area contributed by atoms with Gasteiger partial charge in [0.15, 0.2) is 0 Å². The van der Waals surface area contributed by atoms with Crippen LogP contribution in [-0.4, -0.2) is 29.8 Å². The van der Waals surface area contributed by atoms with Crippen molar-refractivity contribution in [3.05, 3.63) is 94.5 Å². The first-order chi connectivity index (χ1) is 15.8. The van der Waals surface area contributed by atoms with Crippen LogP contribution in [0, 0.1) is 5.92 Å². The minimum absolute atomic E-state index is 0.0433. The Bertz CT molecular complexity index is 1110. The summed E-state index contributed by atoms with van der Waals surface area (Å²) in [5.41, 5.74) is 4.29. The quantitative estimate of drug-likeness (QED) is 0.479. The number of fused-ring (bicyclic) bond motifs is 1. The number of phenols is 1. The molecule has 1 aliphatic heterocycles. The van der Waals surface area contributed by atoms with Crippen molar-refractivity contribution < 1.29 is 9.90 Å². The number of likely N-dealkylation sites (N-methyl/N-ethyl adjacent to an activating group) is 1. The topological polar surface area (TPSA) is 52.9 Å². The smallest absolute Gasteiger partial charge is 0.251 e. The Morgan fingerprint density at radius 2 is 1.64 bits per heavy atom. The number of rotatable bonds is 4. The maximum atomic E-state index is 13.2. The molecule has 0 spiro atoms. The predicted octanol–water partition coefficient (Wildman–Crippen LogP) is 6.52. The lowest BCUT2D eigenvalue weighted by molar-refractivity contribution is -0.119. The second kappa shape index (κ2) is 11.2. The number of aliphatic imine (C=N–C) groups is 1. The van der Waals surface area contributed by atoms with Crippen molar-refractivity contribution in [3.63, 3.8) is 0 Å². The van der Waals surface area contributed by atoms with Crippen molar-refractivity contribution in [2.75, 3.05) is 11.9 Å². The molecule has 1 unspecified atom stereocenters. The molecule has 5 heteroatoms. The van der Waals surface area contributed by atoms with Crippen LogP contribution >= 0.6 is 11.6 Å². The van der Waals surface area contributed by atoms with Gasteiger partial charge in [0.25, 0.3) is 5.91 Å². The molecule has 0 saturated carbocycles. The van der Waals surface area contributed by atoms with E-state index in [0.717, 1.165) is 29.2 Å². The Hall–Kier alpha value is -3.11. The highest BCUT2D eigenvalue weighted by Gasteiger charge is 2.30. The van der Waals surface area contributed by atoms with Crippen molar-refractivity contribution in [2.24, 2.45) is 10.9 Å². The van der Waals surface area contributed by atoms with E-state index in [4.69, 9.17) is 16.6 Å². The molecule has 3 aromatic carbocycles. The number of halogens is 1. The Kier molecular flexibility index (Phi) is 8.29. The molecule has 1 aliphatic rings. The number of benzodiazepines with no additional fused rings is 1. The van der Waals surface area contributed by atoms with Crippen LogP contribution in [0.2, 0.25) is 5.02 Å². The van der Waals surface area contributed by atoms with E-state index in [1.54, 1.807) is 30.1 Å². The van der Waals surface area contributed by atoms with E-state index in [1.165, 1.54) is 5.56 Å². The van der Waals surface area contributed by atoms with Crippen LogP contribution in [0.4, 0.5) is 5.69 Å². The molecular formula is C28H31ClN2O2. The largest absolute Gasteiger partial charge is 0.508 e. The van der Waals surface area contributed by atoms with E-state index in [1.807, 2.05) is 42.5 Å². The molecule has 33 heavy (non-hydrogen) atoms. The average Bonchev–Trinajstić information content (AvgIpc) is 2.88. The molecule has 0 bridgehead atoms. The third-order valence-corrected chi connectivity index (χ3v) is 5.40. The Morgan fingerprint density at radius 3 is 2.27 bits per heavy atom. The molecular weight excluding hydrogens is 432 g/mol. The molecule has 1 amide bonds. The lowest BCUT2D eigenvalue weighted by atomic mass is 10.00. The van der Waals surface area contributed by atoms with Crippen LogP contribution in [0.5, 0.6) is 5.75 Å². The van der Waals surface area contributed by atoms with Crippen LogP contribution in [-0.2, 0) is 11.2 Å². The number of carbonyl (C=O) groups excluding carboxylic acids is 1. The van der Waals surface area contributed by atoms with Gasteiger partial charge in [-0.1, -0.05) is 62.7 Å². The molecule has 0 aromatic heterocycles. The van der Waals surface area contributed by atoms with Crippen molar-refractivity contribution in [1.29, 1.82) is 0 Å². The summed E-state index contributed by atoms with van der Waals surface area (Å²) < 4.78 is 0. The summed E-state index contributed by atoms with van der Waals surface area (Å²) in [5.74, 6) is 0.974. The summed E-state index contributed by atoms with van der Waals surface area (Å²) >= 11 is 6.27. The highest BCUT2D eigenvalue weighted by atomic mass is 35.5. The van der Waals surface area contributed by atoms with Crippen LogP contribution < -0.4 is 4.90 Å². The summed E-state index contributed by atoms with van der Waals surface area (Å²) in [6.45, 7) is 6.50. The third-order valence-electron chi connectivity index (χ3n) is 5.17. The van der Waals surface area contributed by atoms with Gasteiger partial charge >= 0.3 is 0 Å². The van der Waals surface area contributed by atoms with Gasteiger partial charge in [0.05, 0.1) is 11.4 Å². The number of amides is 1. The second-order valence-electron chi connectivity index (χ2n) is 8.86. The number of hydrogen-bond acceptors (Lipinski definition) is 3. The van der Waals surface area contributed by atoms with Gasteiger partial charge in [-0.05, 0) is 66.8 Å². The lowest BCUT2D eigenvalue weighted by Crippen LogP contribution is -2.35. The number of hydrogen-bond donors (Lipinski definition) is 1. The van der Waals surface area contributed by atoms with Crippen LogP contribution in [0.3, 0.4) is 0 Å². The molecule has 0 radical (unpaired) electrons. The molecule has 172 valence electrons. The van der Waals surface area contributed by atoms with Crippen LogP contribution in [0.25, 0.3) is 0 Å². The minimum Gasteiger partial charge on any atom is -0.508 e. The normalized spacial score (nSPS) is 15.3. The number of benzene rings is 3. The number of phenolic OH excluding ortho intramolecular Hbond substituents is 1. The fourth-order valence-electron chi connectivity index (χ4n) is 3.60. The van der Waals surface area contributed by atoms with Crippen molar-refractivity contribution in [1.82, 2.24) is 0 Å². The molecule has 3 aromatic rings. The number of carbonyl (C=O) groups is 1. The fraction of sp³-hybridized carbons (Fsp3) is 0.286. The fourth-order valence-corrected chi connectivity index (χ4v) is 3.77. The summed E-state index contributed by atoms with van der Waals surface area (Å²) in [6, 6.07) is 21.9. The van der Waals surface area contributed by atoms with E-state index < -0.39 is 6.04 Å². The zero-order chi connectivity index (χ0) is 24.0. The molecule has 4 nitrogen and oxygen atoms in total. The first kappa shape index (κ1) is 24.5. The zero-order valence-electron chi connectivity index (χ0n) is 19.6. The summed E-state index contributed by atoms with van der Waals surface area (Å²) in [4.78, 5) is 19.7. The van der Waals surface area contributed by atoms with Gasteiger partial charge in [-0.15, -0.1) is 0 Å². The van der Waals surface area contributed by atoms with Gasteiger partial charge in [0.1, 0.15) is 11.8 Å². The highest BCUT2D eigenvalue weighted by Crippen LogP contribution is 2.31. The van der Waals surface area contributed by atoms with Gasteiger partial charge in [-0.25, -0.2) is 0 Å². The summed E-state index contributed by atoms with van der Waals surface area (Å²) in [7, 11) is 1.78. The maximum absolute atomic E-state index is 13.2. The first-order valence-electron chi connectivity index (χ1n) is 11.2. The highest BCUT2D eigenvalue weighted by molar-refractivity contribution is 6.32. The molecule has 1 N–H and O–H groups in total. The monoisotopic (exact) mass is 462 g/mol. The summed E-state index contributed by atoms with van der Waals surface area (Å²) in [6.07, 6.45) is 1.37. The van der Waals surface area contributed by atoms with Crippen molar-refractivity contribution >= 4 is 28.9 Å². The van der Waals surface area contributed by atoms with Crippen LogP contribution in [0.1, 0.15) is 43.9 Å². The van der Waals surface area contributed by atoms with Crippen LogP contribution in [0.15, 0.2) is 77.8 Å². The van der Waals surface area contributed by atoms with Gasteiger partial charge in [0.2, 0.25) is 0 Å². The number of aryl methyl sites for hydroxylation is 1. The lowest BCUT2D eigenvalue weighted by Gasteiger charge is -2.20. The van der Waals surface area contributed by atoms with E-state index >= 15 is 0 Å². The van der Waals surface area contributed by atoms with Gasteiger partial charge < -0.3 is 10.0 Å². The zero-order valence-corrected chi connectivity index (χ0v) is 20.4. The number of nitrogens with zero attached hydrogens (tertiary/aromatic N) is 2. The minimum atomic E-state index is -0.504. The summed E-state index contributed by atoms with van der Waals surface area (Å²) in [5, 5.41) is 10.3. The molecule has 0 saturated heterocycles. The van der Waals surface area contributed by atoms with Crippen molar-refractivity contribution in [2.45, 2.75) is 39.7 Å². The van der Waals surface area contributed by atoms with E-state index in [-0.39, 0.29) is 11.7 Å². The van der Waals surface area contributed by atoms with E-state index in [0.29, 0.717) is 17.2 Å². The SMILES string of the molecule is CC(C)C.CN1C(=O)C(CCc2ccccc2)N=C(c2ccc(O)cc2)c2cc(Cl)ccc21. The van der Waals surface area contributed by atoms with Gasteiger partial charge in [-0.2, -0.15) is 0 Å². The van der Waals surface area contributed by atoms with E-state index in [9.17, 15) is 9.90 Å². The molecule has 4 rings (SSSR count). The van der Waals surface area contributed by atoms with Crippen molar-refractivity contribution in [3.8, 4) is 5.75 Å². The first-order valence-corrected chi connectivity index (χ1v) is 11.6. The predicted molar refractivity (Wildman–Crippen MR) is 138 cm³/mol. The molecule has 0 aliphatic carbocycles. The third kappa shape index (κ3) is 6.45. The Morgan fingerprint density at radius 1 is 1.00 bits per heavy atom. The number of anilines is 1. The maximum Gasteiger partial charge on any atom is 0.251 e. The number of aromatic hydroxyl groups is 1. The molecule has 1 heterocycles. The molecule has 1 atom stereocenters. The molecule has 0 fully saturated rings. The Balaban J connectivity index is 0.000000709. The Labute approximate surface area is 201 Å². The van der Waals surface area contributed by atoms with Gasteiger partial charge in [0, 0.05) is 23.2 Å². The standard InChI is InChI=1S/C24H21ClN2O2.C4H10/c1-27-22-14-10-18(25)15-20(22)23(17-8-11-19(28)12-9-17)26-21(24(27)29)13-7-16-5-3-2-4-6-16;1-4(2)3/h2-6,8-12,14-15,21,28H,7,13H2,1H3;4H,1-3H3. The second-order valence-corrected chi connectivity index (χ2v) is 9.29.